The molecule has 0 aliphatic carbocycles. The Balaban J connectivity index is 2.69. The van der Waals surface area contributed by atoms with Crippen molar-refractivity contribution in [1.82, 2.24) is 4.98 Å². The molecule has 4 heteroatoms. The minimum Gasteiger partial charge on any atom is -0.481 e. The molecule has 0 unspecified atom stereocenters. The molecule has 0 atom stereocenters. The molecule has 13 heavy (non-hydrogen) atoms. The average molecular weight is 180 g/mol. The smallest absolute Gasteiger partial charge is 0.217 e. The molecule has 1 aromatic heterocycles. The summed E-state index contributed by atoms with van der Waals surface area (Å²) in [4.78, 5) is 14.5. The van der Waals surface area contributed by atoms with E-state index in [1.807, 2.05) is 6.07 Å². The summed E-state index contributed by atoms with van der Waals surface area (Å²) >= 11 is 0. The van der Waals surface area contributed by atoms with Gasteiger partial charge in [0.25, 0.3) is 0 Å². The highest BCUT2D eigenvalue weighted by Crippen LogP contribution is 2.14. The van der Waals surface area contributed by atoms with Gasteiger partial charge in [-0.1, -0.05) is 6.07 Å². The van der Waals surface area contributed by atoms with Crippen LogP contribution in [0.2, 0.25) is 0 Å². The molecule has 0 aliphatic heterocycles. The van der Waals surface area contributed by atoms with Gasteiger partial charge in [0, 0.05) is 18.2 Å². The van der Waals surface area contributed by atoms with Crippen molar-refractivity contribution in [3.63, 3.8) is 0 Å². The molecule has 0 saturated heterocycles. The van der Waals surface area contributed by atoms with Crippen LogP contribution in [0, 0.1) is 0 Å². The summed E-state index contributed by atoms with van der Waals surface area (Å²) in [5.41, 5.74) is 5.94. The predicted molar refractivity (Wildman–Crippen MR) is 48.3 cm³/mol. The molecule has 1 aromatic rings. The van der Waals surface area contributed by atoms with E-state index in [0.717, 1.165) is 5.56 Å². The van der Waals surface area contributed by atoms with Crippen molar-refractivity contribution in [2.75, 3.05) is 7.11 Å². The van der Waals surface area contributed by atoms with Crippen LogP contribution < -0.4 is 10.5 Å². The average Bonchev–Trinajstić information content (AvgIpc) is 2.15. The molecule has 70 valence electrons. The zero-order valence-corrected chi connectivity index (χ0v) is 7.49. The number of aryl methyl sites for hydroxylation is 1. The molecular weight excluding hydrogens is 168 g/mol. The maximum Gasteiger partial charge on any atom is 0.217 e. The van der Waals surface area contributed by atoms with Crippen LogP contribution in [0.4, 0.5) is 0 Å². The maximum absolute atomic E-state index is 10.5. The third kappa shape index (κ3) is 2.74. The van der Waals surface area contributed by atoms with Gasteiger partial charge in [-0.25, -0.2) is 4.98 Å². The lowest BCUT2D eigenvalue weighted by molar-refractivity contribution is -0.117. The number of nitrogens with two attached hydrogens (primary N) is 1. The third-order valence-corrected chi connectivity index (χ3v) is 1.68. The number of pyridine rings is 1. The van der Waals surface area contributed by atoms with E-state index in [1.165, 1.54) is 0 Å². The van der Waals surface area contributed by atoms with E-state index >= 15 is 0 Å². The fourth-order valence-corrected chi connectivity index (χ4v) is 1.06. The van der Waals surface area contributed by atoms with Gasteiger partial charge < -0.3 is 10.5 Å². The van der Waals surface area contributed by atoms with E-state index in [0.29, 0.717) is 18.7 Å². The van der Waals surface area contributed by atoms with Crippen LogP contribution in [0.3, 0.4) is 0 Å². The van der Waals surface area contributed by atoms with E-state index in [-0.39, 0.29) is 5.91 Å². The van der Waals surface area contributed by atoms with E-state index in [9.17, 15) is 4.79 Å². The lowest BCUT2D eigenvalue weighted by Crippen LogP contribution is -2.11. The third-order valence-electron chi connectivity index (χ3n) is 1.68. The van der Waals surface area contributed by atoms with Crippen molar-refractivity contribution in [1.29, 1.82) is 0 Å². The number of hydrogen-bond donors (Lipinski definition) is 1. The highest BCUT2D eigenvalue weighted by atomic mass is 16.5. The molecule has 1 amide bonds. The first-order valence-corrected chi connectivity index (χ1v) is 4.00. The molecule has 4 nitrogen and oxygen atoms in total. The van der Waals surface area contributed by atoms with E-state index in [4.69, 9.17) is 10.5 Å². The molecule has 0 fully saturated rings. The van der Waals surface area contributed by atoms with Crippen LogP contribution in [0.5, 0.6) is 5.88 Å². The quantitative estimate of drug-likeness (QED) is 0.734. The lowest BCUT2D eigenvalue weighted by Gasteiger charge is -2.04. The molecular formula is C9H12N2O2. The van der Waals surface area contributed by atoms with Crippen LogP contribution in [0.25, 0.3) is 0 Å². The minimum absolute atomic E-state index is 0.314. The highest BCUT2D eigenvalue weighted by molar-refractivity contribution is 5.74. The molecule has 0 bridgehead atoms. The van der Waals surface area contributed by atoms with Crippen LogP contribution in [-0.4, -0.2) is 18.0 Å². The van der Waals surface area contributed by atoms with Crippen LogP contribution in [-0.2, 0) is 11.2 Å². The van der Waals surface area contributed by atoms with Gasteiger partial charge in [-0.15, -0.1) is 0 Å². The molecule has 2 N–H and O–H groups in total. The van der Waals surface area contributed by atoms with Crippen LogP contribution in [0.1, 0.15) is 12.0 Å². The first-order chi connectivity index (χ1) is 6.24. The Bertz CT molecular complexity index is 299. The van der Waals surface area contributed by atoms with E-state index in [1.54, 1.807) is 19.4 Å². The molecule has 0 saturated carbocycles. The van der Waals surface area contributed by atoms with Crippen molar-refractivity contribution in [2.24, 2.45) is 5.73 Å². The monoisotopic (exact) mass is 180 g/mol. The van der Waals surface area contributed by atoms with Crippen LogP contribution in [0.15, 0.2) is 18.3 Å². The van der Waals surface area contributed by atoms with Gasteiger partial charge in [0.1, 0.15) is 0 Å². The van der Waals surface area contributed by atoms with Crippen molar-refractivity contribution in [3.8, 4) is 5.88 Å². The van der Waals surface area contributed by atoms with E-state index < -0.39 is 0 Å². The van der Waals surface area contributed by atoms with E-state index in [2.05, 4.69) is 4.98 Å². The molecule has 0 aromatic carbocycles. The molecule has 0 spiro atoms. The fourth-order valence-electron chi connectivity index (χ4n) is 1.06. The summed E-state index contributed by atoms with van der Waals surface area (Å²) in [5.74, 6) is 0.245. The summed E-state index contributed by atoms with van der Waals surface area (Å²) in [7, 11) is 1.55. The Morgan fingerprint density at radius 1 is 1.69 bits per heavy atom. The number of primary amides is 1. The topological polar surface area (TPSA) is 65.2 Å². The molecule has 1 rings (SSSR count). The van der Waals surface area contributed by atoms with Gasteiger partial charge in [0.05, 0.1) is 7.11 Å². The maximum atomic E-state index is 10.5. The predicted octanol–water partition coefficient (Wildman–Crippen LogP) is 0.508. The number of ether oxygens (including phenoxy) is 1. The normalized spacial score (nSPS) is 9.62. The first-order valence-electron chi connectivity index (χ1n) is 4.00. The number of nitrogens with zero attached hydrogens (tertiary/aromatic N) is 1. The van der Waals surface area contributed by atoms with Gasteiger partial charge >= 0.3 is 0 Å². The summed E-state index contributed by atoms with van der Waals surface area (Å²) in [6, 6.07) is 3.67. The molecule has 0 radical (unpaired) electrons. The SMILES string of the molecule is COc1ncccc1CCC(N)=O. The van der Waals surface area contributed by atoms with Gasteiger partial charge in [0.15, 0.2) is 0 Å². The first kappa shape index (κ1) is 9.51. The second-order valence-electron chi connectivity index (χ2n) is 2.64. The van der Waals surface area contributed by atoms with Gasteiger partial charge in [0.2, 0.25) is 11.8 Å². The Hall–Kier alpha value is -1.58. The van der Waals surface area contributed by atoms with Crippen molar-refractivity contribution in [3.05, 3.63) is 23.9 Å². The summed E-state index contributed by atoms with van der Waals surface area (Å²) < 4.78 is 5.01. The standard InChI is InChI=1S/C9H12N2O2/c1-13-9-7(3-2-6-11-9)4-5-8(10)12/h2-3,6H,4-5H2,1H3,(H2,10,12). The van der Waals surface area contributed by atoms with Crippen molar-refractivity contribution >= 4 is 5.91 Å². The number of methoxy groups -OCH3 is 1. The van der Waals surface area contributed by atoms with Crippen LogP contribution >= 0.6 is 0 Å². The largest absolute Gasteiger partial charge is 0.481 e. The lowest BCUT2D eigenvalue weighted by atomic mass is 10.1. The summed E-state index contributed by atoms with van der Waals surface area (Å²) in [6.07, 6.45) is 2.54. The van der Waals surface area contributed by atoms with Crippen molar-refractivity contribution in [2.45, 2.75) is 12.8 Å². The number of amides is 1. The second kappa shape index (κ2) is 4.45. The summed E-state index contributed by atoms with van der Waals surface area (Å²) in [6.45, 7) is 0. The number of rotatable bonds is 4. The zero-order chi connectivity index (χ0) is 9.68. The van der Waals surface area contributed by atoms with Gasteiger partial charge in [-0.3, -0.25) is 4.79 Å². The summed E-state index contributed by atoms with van der Waals surface area (Å²) in [5, 5.41) is 0. The Morgan fingerprint density at radius 3 is 3.08 bits per heavy atom. The second-order valence-corrected chi connectivity index (χ2v) is 2.64. The Labute approximate surface area is 76.7 Å². The number of hydrogen-bond acceptors (Lipinski definition) is 3. The van der Waals surface area contributed by atoms with Gasteiger partial charge in [-0.2, -0.15) is 0 Å². The fraction of sp³-hybridized carbons (Fsp3) is 0.333. The number of carbonyl (C=O) groups is 1. The molecule has 1 heterocycles. The Kier molecular flexibility index (Phi) is 3.25. The Morgan fingerprint density at radius 2 is 2.46 bits per heavy atom. The number of carbonyl (C=O) groups excluding carboxylic acids is 1. The van der Waals surface area contributed by atoms with Gasteiger partial charge in [-0.05, 0) is 12.5 Å². The molecule has 0 aliphatic rings. The zero-order valence-electron chi connectivity index (χ0n) is 7.49. The minimum atomic E-state index is -0.314. The number of aromatic nitrogens is 1. The van der Waals surface area contributed by atoms with Crippen molar-refractivity contribution < 1.29 is 9.53 Å². The highest BCUT2D eigenvalue weighted by Gasteiger charge is 2.04.